The lowest BCUT2D eigenvalue weighted by atomic mass is 10.4. The van der Waals surface area contributed by atoms with E-state index in [0.29, 0.717) is 16.7 Å². The first-order chi connectivity index (χ1) is 6.57. The second-order valence-corrected chi connectivity index (χ2v) is 3.15. The highest BCUT2D eigenvalue weighted by Gasteiger charge is 1.89. The molecule has 0 aliphatic carbocycles. The van der Waals surface area contributed by atoms with Gasteiger partial charge in [-0.2, -0.15) is 0 Å². The van der Waals surface area contributed by atoms with Crippen molar-refractivity contribution in [2.45, 2.75) is 13.8 Å². The van der Waals surface area contributed by atoms with E-state index >= 15 is 0 Å². The second kappa shape index (κ2) is 7.65. The molecule has 14 heavy (non-hydrogen) atoms. The number of halogens is 2. The van der Waals surface area contributed by atoms with Crippen molar-refractivity contribution in [3.8, 4) is 0 Å². The van der Waals surface area contributed by atoms with Crippen LogP contribution in [-0.4, -0.2) is 12.6 Å². The van der Waals surface area contributed by atoms with Crippen LogP contribution in [0.25, 0.3) is 0 Å². The molecule has 0 aliphatic rings. The molecule has 1 aromatic rings. The lowest BCUT2D eigenvalue weighted by molar-refractivity contribution is -0.140. The van der Waals surface area contributed by atoms with Gasteiger partial charge in [-0.25, -0.2) is 0 Å². The van der Waals surface area contributed by atoms with Gasteiger partial charge in [0.2, 0.25) is 0 Å². The number of hydrogen-bond acceptors (Lipinski definition) is 2. The van der Waals surface area contributed by atoms with Crippen molar-refractivity contribution in [2.24, 2.45) is 0 Å². The third kappa shape index (κ3) is 6.75. The molecular weight excluding hydrogens is 223 g/mol. The molecule has 0 saturated heterocycles. The smallest absolute Gasteiger partial charge is 0.302 e. The maximum absolute atomic E-state index is 9.82. The highest BCUT2D eigenvalue weighted by Crippen LogP contribution is 2.19. The minimum atomic E-state index is -0.211. The van der Waals surface area contributed by atoms with Crippen LogP contribution in [0.4, 0.5) is 0 Å². The quantitative estimate of drug-likeness (QED) is 0.695. The normalized spacial score (nSPS) is 8.57. The average molecular weight is 235 g/mol. The van der Waals surface area contributed by atoms with Gasteiger partial charge in [0.05, 0.1) is 16.7 Å². The van der Waals surface area contributed by atoms with Crippen LogP contribution in [0.1, 0.15) is 13.8 Å². The molecule has 0 N–H and O–H groups in total. The number of carbonyl (C=O) groups is 1. The highest BCUT2D eigenvalue weighted by atomic mass is 35.5. The largest absolute Gasteiger partial charge is 0.466 e. The monoisotopic (exact) mass is 234 g/mol. The molecule has 2 nitrogen and oxygen atoms in total. The van der Waals surface area contributed by atoms with Gasteiger partial charge in [0.15, 0.2) is 0 Å². The van der Waals surface area contributed by atoms with Gasteiger partial charge in [-0.1, -0.05) is 35.3 Å². The van der Waals surface area contributed by atoms with Gasteiger partial charge in [-0.05, 0) is 19.1 Å². The fourth-order valence-corrected chi connectivity index (χ4v) is 0.914. The predicted molar refractivity (Wildman–Crippen MR) is 58.8 cm³/mol. The number of hydrogen-bond donors (Lipinski definition) is 0. The summed E-state index contributed by atoms with van der Waals surface area (Å²) in [6, 6.07) is 7.19. The third-order valence-electron chi connectivity index (χ3n) is 1.17. The summed E-state index contributed by atoms with van der Waals surface area (Å²) in [6.07, 6.45) is 0. The number of carbonyl (C=O) groups excluding carboxylic acids is 1. The van der Waals surface area contributed by atoms with E-state index in [1.165, 1.54) is 6.92 Å². The first-order valence-electron chi connectivity index (χ1n) is 4.11. The van der Waals surface area contributed by atoms with Gasteiger partial charge in [-0.15, -0.1) is 0 Å². The molecule has 1 rings (SSSR count). The fourth-order valence-electron chi connectivity index (χ4n) is 0.643. The Balaban J connectivity index is 0.000000255. The van der Waals surface area contributed by atoms with Gasteiger partial charge < -0.3 is 4.74 Å². The van der Waals surface area contributed by atoms with E-state index in [1.807, 2.05) is 12.1 Å². The Morgan fingerprint density at radius 1 is 1.29 bits per heavy atom. The molecule has 4 heteroatoms. The number of ether oxygens (including phenoxy) is 1. The molecule has 0 aliphatic heterocycles. The molecule has 0 spiro atoms. The standard InChI is InChI=1S/C6H4Cl2.C4H8O2/c7-5-3-1-2-4-6(5)8;1-3-6-4(2)5/h1-4H;3H2,1-2H3. The zero-order valence-corrected chi connectivity index (χ0v) is 9.60. The van der Waals surface area contributed by atoms with E-state index in [4.69, 9.17) is 23.2 Å². The van der Waals surface area contributed by atoms with Crippen LogP contribution in [0, 0.1) is 0 Å². The van der Waals surface area contributed by atoms with E-state index in [0.717, 1.165) is 0 Å². The van der Waals surface area contributed by atoms with Crippen molar-refractivity contribution in [1.82, 2.24) is 0 Å². The van der Waals surface area contributed by atoms with E-state index < -0.39 is 0 Å². The molecule has 0 fully saturated rings. The minimum absolute atomic E-state index is 0.211. The molecule has 1 aromatic carbocycles. The summed E-state index contributed by atoms with van der Waals surface area (Å²) in [5, 5.41) is 1.21. The Morgan fingerprint density at radius 3 is 1.86 bits per heavy atom. The molecule has 0 amide bonds. The Hall–Kier alpha value is -0.730. The maximum atomic E-state index is 9.82. The van der Waals surface area contributed by atoms with E-state index in [-0.39, 0.29) is 5.97 Å². The lowest BCUT2D eigenvalue weighted by Gasteiger charge is -1.89. The van der Waals surface area contributed by atoms with E-state index in [9.17, 15) is 4.79 Å². The van der Waals surface area contributed by atoms with Crippen LogP contribution in [0.15, 0.2) is 24.3 Å². The molecular formula is C10H12Cl2O2. The van der Waals surface area contributed by atoms with Gasteiger partial charge in [0.1, 0.15) is 0 Å². The zero-order chi connectivity index (χ0) is 11.0. The van der Waals surface area contributed by atoms with Crippen LogP contribution in [0.2, 0.25) is 10.0 Å². The Morgan fingerprint density at radius 2 is 1.71 bits per heavy atom. The summed E-state index contributed by atoms with van der Waals surface area (Å²) in [5.41, 5.74) is 0. The summed E-state index contributed by atoms with van der Waals surface area (Å²) in [6.45, 7) is 3.65. The molecule has 0 unspecified atom stereocenters. The molecule has 0 aromatic heterocycles. The highest BCUT2D eigenvalue weighted by molar-refractivity contribution is 6.41. The number of rotatable bonds is 1. The average Bonchev–Trinajstić information content (AvgIpc) is 2.11. The predicted octanol–water partition coefficient (Wildman–Crippen LogP) is 3.56. The SMILES string of the molecule is CCOC(C)=O.Clc1ccccc1Cl. The Bertz CT molecular complexity index is 266. The minimum Gasteiger partial charge on any atom is -0.466 e. The molecule has 0 heterocycles. The molecule has 0 saturated carbocycles. The van der Waals surface area contributed by atoms with Gasteiger partial charge >= 0.3 is 5.97 Å². The second-order valence-electron chi connectivity index (χ2n) is 2.34. The van der Waals surface area contributed by atoms with Crippen molar-refractivity contribution >= 4 is 29.2 Å². The Labute approximate surface area is 93.8 Å². The summed E-state index contributed by atoms with van der Waals surface area (Å²) in [7, 11) is 0. The third-order valence-corrected chi connectivity index (χ3v) is 1.93. The number of benzene rings is 1. The first kappa shape index (κ1) is 13.3. The van der Waals surface area contributed by atoms with Crippen LogP contribution < -0.4 is 0 Å². The Kier molecular flexibility index (Phi) is 7.25. The summed E-state index contributed by atoms with van der Waals surface area (Å²) >= 11 is 11.2. The molecule has 0 radical (unpaired) electrons. The topological polar surface area (TPSA) is 26.3 Å². The summed E-state index contributed by atoms with van der Waals surface area (Å²) < 4.78 is 4.40. The van der Waals surface area contributed by atoms with E-state index in [2.05, 4.69) is 4.74 Å². The van der Waals surface area contributed by atoms with Crippen LogP contribution in [0.3, 0.4) is 0 Å². The van der Waals surface area contributed by atoms with Crippen molar-refractivity contribution in [1.29, 1.82) is 0 Å². The van der Waals surface area contributed by atoms with Gasteiger partial charge in [0.25, 0.3) is 0 Å². The van der Waals surface area contributed by atoms with Crippen molar-refractivity contribution < 1.29 is 9.53 Å². The van der Waals surface area contributed by atoms with Crippen molar-refractivity contribution in [3.63, 3.8) is 0 Å². The summed E-state index contributed by atoms with van der Waals surface area (Å²) in [5.74, 6) is -0.211. The zero-order valence-electron chi connectivity index (χ0n) is 8.09. The molecule has 78 valence electrons. The lowest BCUT2D eigenvalue weighted by Crippen LogP contribution is -1.95. The van der Waals surface area contributed by atoms with E-state index in [1.54, 1.807) is 19.1 Å². The molecule has 0 bridgehead atoms. The van der Waals surface area contributed by atoms with Gasteiger partial charge in [0, 0.05) is 6.92 Å². The maximum Gasteiger partial charge on any atom is 0.302 e. The fraction of sp³-hybridized carbons (Fsp3) is 0.300. The number of esters is 1. The van der Waals surface area contributed by atoms with Crippen LogP contribution >= 0.6 is 23.2 Å². The molecule has 0 atom stereocenters. The van der Waals surface area contributed by atoms with Crippen molar-refractivity contribution in [3.05, 3.63) is 34.3 Å². The summed E-state index contributed by atoms with van der Waals surface area (Å²) in [4.78, 5) is 9.82. The van der Waals surface area contributed by atoms with Crippen LogP contribution in [0.5, 0.6) is 0 Å². The van der Waals surface area contributed by atoms with Crippen molar-refractivity contribution in [2.75, 3.05) is 6.61 Å². The van der Waals surface area contributed by atoms with Gasteiger partial charge in [-0.3, -0.25) is 4.79 Å². The van der Waals surface area contributed by atoms with Crippen LogP contribution in [-0.2, 0) is 9.53 Å². The first-order valence-corrected chi connectivity index (χ1v) is 4.87.